The molecule has 0 fully saturated rings. The van der Waals surface area contributed by atoms with Gasteiger partial charge >= 0.3 is 0 Å². The quantitative estimate of drug-likeness (QED) is 0.832. The molecule has 1 unspecified atom stereocenters. The highest BCUT2D eigenvalue weighted by molar-refractivity contribution is 5.35. The van der Waals surface area contributed by atoms with E-state index in [1.165, 1.54) is 0 Å². The highest BCUT2D eigenvalue weighted by Gasteiger charge is 2.12. The van der Waals surface area contributed by atoms with E-state index in [9.17, 15) is 5.26 Å². The van der Waals surface area contributed by atoms with Crippen LogP contribution in [-0.2, 0) is 6.42 Å². The van der Waals surface area contributed by atoms with Gasteiger partial charge < -0.3 is 9.47 Å². The van der Waals surface area contributed by atoms with Gasteiger partial charge in [-0.05, 0) is 41.8 Å². The molecule has 2 aromatic rings. The van der Waals surface area contributed by atoms with Gasteiger partial charge in [0.1, 0.15) is 11.5 Å². The van der Waals surface area contributed by atoms with Crippen LogP contribution in [0.4, 0.5) is 0 Å². The van der Waals surface area contributed by atoms with E-state index in [1.54, 1.807) is 14.2 Å². The Morgan fingerprint density at radius 1 is 1.00 bits per heavy atom. The van der Waals surface area contributed by atoms with Crippen molar-refractivity contribution in [1.29, 1.82) is 5.26 Å². The first-order valence-electron chi connectivity index (χ1n) is 6.43. The average molecular weight is 267 g/mol. The van der Waals surface area contributed by atoms with E-state index in [-0.39, 0.29) is 5.92 Å². The molecule has 102 valence electrons. The van der Waals surface area contributed by atoms with Crippen molar-refractivity contribution >= 4 is 0 Å². The first kappa shape index (κ1) is 14.0. The first-order chi connectivity index (χ1) is 9.76. The van der Waals surface area contributed by atoms with Crippen LogP contribution in [-0.4, -0.2) is 14.2 Å². The maximum atomic E-state index is 9.38. The van der Waals surface area contributed by atoms with Crippen LogP contribution in [0.15, 0.2) is 48.5 Å². The number of nitriles is 1. The van der Waals surface area contributed by atoms with Crippen LogP contribution < -0.4 is 9.47 Å². The van der Waals surface area contributed by atoms with Crippen molar-refractivity contribution < 1.29 is 9.47 Å². The zero-order valence-electron chi connectivity index (χ0n) is 11.7. The van der Waals surface area contributed by atoms with Gasteiger partial charge in [-0.15, -0.1) is 0 Å². The van der Waals surface area contributed by atoms with E-state index in [1.807, 2.05) is 48.5 Å². The molecule has 0 aliphatic carbocycles. The lowest BCUT2D eigenvalue weighted by atomic mass is 9.93. The van der Waals surface area contributed by atoms with Gasteiger partial charge in [-0.3, -0.25) is 0 Å². The minimum Gasteiger partial charge on any atom is -0.497 e. The summed E-state index contributed by atoms with van der Waals surface area (Å²) < 4.78 is 10.3. The zero-order valence-corrected chi connectivity index (χ0v) is 11.7. The Labute approximate surface area is 119 Å². The Morgan fingerprint density at radius 3 is 2.30 bits per heavy atom. The summed E-state index contributed by atoms with van der Waals surface area (Å²) in [6, 6.07) is 17.8. The molecule has 3 nitrogen and oxygen atoms in total. The SMILES string of the molecule is COc1ccc(C(C#N)Cc2cccc(OC)c2)cc1. The van der Waals surface area contributed by atoms with Crippen LogP contribution in [0.5, 0.6) is 11.5 Å². The van der Waals surface area contributed by atoms with E-state index < -0.39 is 0 Å². The third-order valence-corrected chi connectivity index (χ3v) is 3.25. The van der Waals surface area contributed by atoms with Crippen molar-refractivity contribution in [1.82, 2.24) is 0 Å². The predicted molar refractivity (Wildman–Crippen MR) is 78.0 cm³/mol. The lowest BCUT2D eigenvalue weighted by Gasteiger charge is -2.11. The number of hydrogen-bond donors (Lipinski definition) is 0. The monoisotopic (exact) mass is 267 g/mol. The molecule has 20 heavy (non-hydrogen) atoms. The maximum absolute atomic E-state index is 9.38. The second-order valence-corrected chi connectivity index (χ2v) is 4.51. The third-order valence-electron chi connectivity index (χ3n) is 3.25. The van der Waals surface area contributed by atoms with Crippen molar-refractivity contribution in [2.24, 2.45) is 0 Å². The molecule has 2 rings (SSSR count). The number of nitrogens with zero attached hydrogens (tertiary/aromatic N) is 1. The molecule has 3 heteroatoms. The molecular formula is C17H17NO2. The minimum atomic E-state index is -0.173. The van der Waals surface area contributed by atoms with Gasteiger partial charge in [0.25, 0.3) is 0 Å². The number of hydrogen-bond acceptors (Lipinski definition) is 3. The van der Waals surface area contributed by atoms with Gasteiger partial charge in [0, 0.05) is 0 Å². The first-order valence-corrected chi connectivity index (χ1v) is 6.43. The van der Waals surface area contributed by atoms with E-state index in [0.717, 1.165) is 22.6 Å². The normalized spacial score (nSPS) is 11.4. The molecule has 2 aromatic carbocycles. The van der Waals surface area contributed by atoms with Crippen molar-refractivity contribution in [3.8, 4) is 17.6 Å². The maximum Gasteiger partial charge on any atom is 0.119 e. The fraction of sp³-hybridized carbons (Fsp3) is 0.235. The molecule has 0 amide bonds. The van der Waals surface area contributed by atoms with Crippen LogP contribution in [0.1, 0.15) is 17.0 Å². The zero-order chi connectivity index (χ0) is 14.4. The largest absolute Gasteiger partial charge is 0.497 e. The summed E-state index contributed by atoms with van der Waals surface area (Å²) in [6.07, 6.45) is 0.667. The predicted octanol–water partition coefficient (Wildman–Crippen LogP) is 3.55. The van der Waals surface area contributed by atoms with Crippen LogP contribution in [0.25, 0.3) is 0 Å². The summed E-state index contributed by atoms with van der Waals surface area (Å²) in [7, 11) is 3.28. The summed E-state index contributed by atoms with van der Waals surface area (Å²) in [6.45, 7) is 0. The Bertz CT molecular complexity index is 599. The lowest BCUT2D eigenvalue weighted by molar-refractivity contribution is 0.414. The fourth-order valence-electron chi connectivity index (χ4n) is 2.11. The highest BCUT2D eigenvalue weighted by Crippen LogP contribution is 2.24. The van der Waals surface area contributed by atoms with E-state index in [0.29, 0.717) is 6.42 Å². The topological polar surface area (TPSA) is 42.2 Å². The highest BCUT2D eigenvalue weighted by atomic mass is 16.5. The molecule has 0 N–H and O–H groups in total. The number of methoxy groups -OCH3 is 2. The van der Waals surface area contributed by atoms with Gasteiger partial charge in [0.05, 0.1) is 26.2 Å². The van der Waals surface area contributed by atoms with Crippen LogP contribution >= 0.6 is 0 Å². The molecule has 0 aromatic heterocycles. The molecular weight excluding hydrogens is 250 g/mol. The number of rotatable bonds is 5. The second kappa shape index (κ2) is 6.63. The van der Waals surface area contributed by atoms with Crippen LogP contribution in [0.3, 0.4) is 0 Å². The fourth-order valence-corrected chi connectivity index (χ4v) is 2.11. The smallest absolute Gasteiger partial charge is 0.119 e. The van der Waals surface area contributed by atoms with E-state index in [2.05, 4.69) is 6.07 Å². The van der Waals surface area contributed by atoms with Gasteiger partial charge in [0.15, 0.2) is 0 Å². The molecule has 0 aliphatic rings. The molecule has 0 spiro atoms. The van der Waals surface area contributed by atoms with Gasteiger partial charge in [-0.2, -0.15) is 5.26 Å². The molecule has 0 radical (unpaired) electrons. The Balaban J connectivity index is 2.17. The third kappa shape index (κ3) is 3.30. The molecule has 0 aliphatic heterocycles. The summed E-state index contributed by atoms with van der Waals surface area (Å²) in [5, 5.41) is 9.38. The molecule has 0 bridgehead atoms. The molecule has 0 heterocycles. The summed E-state index contributed by atoms with van der Waals surface area (Å²) >= 11 is 0. The van der Waals surface area contributed by atoms with Crippen molar-refractivity contribution in [3.05, 3.63) is 59.7 Å². The van der Waals surface area contributed by atoms with Crippen molar-refractivity contribution in [2.45, 2.75) is 12.3 Å². The molecule has 0 saturated carbocycles. The van der Waals surface area contributed by atoms with E-state index >= 15 is 0 Å². The van der Waals surface area contributed by atoms with E-state index in [4.69, 9.17) is 9.47 Å². The summed E-state index contributed by atoms with van der Waals surface area (Å²) in [4.78, 5) is 0. The molecule has 1 atom stereocenters. The Morgan fingerprint density at radius 2 is 1.70 bits per heavy atom. The Hall–Kier alpha value is -2.47. The van der Waals surface area contributed by atoms with Crippen LogP contribution in [0.2, 0.25) is 0 Å². The van der Waals surface area contributed by atoms with Gasteiger partial charge in [0.2, 0.25) is 0 Å². The van der Waals surface area contributed by atoms with Crippen molar-refractivity contribution in [2.75, 3.05) is 14.2 Å². The number of ether oxygens (including phenoxy) is 2. The molecule has 0 saturated heterocycles. The second-order valence-electron chi connectivity index (χ2n) is 4.51. The van der Waals surface area contributed by atoms with Crippen molar-refractivity contribution in [3.63, 3.8) is 0 Å². The van der Waals surface area contributed by atoms with Crippen LogP contribution in [0, 0.1) is 11.3 Å². The summed E-state index contributed by atoms with van der Waals surface area (Å²) in [5.74, 6) is 1.44. The standard InChI is InChI=1S/C17H17NO2/c1-19-16-8-6-14(7-9-16)15(12-18)10-13-4-3-5-17(11-13)20-2/h3-9,11,15H,10H2,1-2H3. The van der Waals surface area contributed by atoms with Gasteiger partial charge in [-0.25, -0.2) is 0 Å². The Kier molecular flexibility index (Phi) is 4.62. The average Bonchev–Trinajstić information content (AvgIpc) is 2.53. The number of benzene rings is 2. The summed E-state index contributed by atoms with van der Waals surface area (Å²) in [5.41, 5.74) is 2.09. The van der Waals surface area contributed by atoms with Gasteiger partial charge in [-0.1, -0.05) is 24.3 Å². The minimum absolute atomic E-state index is 0.173. The lowest BCUT2D eigenvalue weighted by Crippen LogP contribution is -2.01.